The van der Waals surface area contributed by atoms with Gasteiger partial charge in [0, 0.05) is 31.7 Å². The molecule has 1 saturated heterocycles. The van der Waals surface area contributed by atoms with E-state index in [1.54, 1.807) is 17.1 Å². The van der Waals surface area contributed by atoms with Gasteiger partial charge in [-0.1, -0.05) is 18.2 Å². The van der Waals surface area contributed by atoms with Gasteiger partial charge in [-0.25, -0.2) is 4.68 Å². The second kappa shape index (κ2) is 6.54. The Morgan fingerprint density at radius 3 is 2.75 bits per heavy atom. The topological polar surface area (TPSA) is 59.0 Å². The molecule has 20 heavy (non-hydrogen) atoms. The molecular weight excluding hydrogens is 276 g/mol. The third-order valence-corrected chi connectivity index (χ3v) is 3.28. The molecule has 106 valence electrons. The molecule has 0 radical (unpaired) electrons. The first-order valence-electron chi connectivity index (χ1n) is 6.42. The number of benzene rings is 1. The van der Waals surface area contributed by atoms with Gasteiger partial charge < -0.3 is 10.6 Å². The van der Waals surface area contributed by atoms with Crippen LogP contribution in [0, 0.1) is 5.92 Å². The summed E-state index contributed by atoms with van der Waals surface area (Å²) in [6, 6.07) is 9.75. The molecule has 5 nitrogen and oxygen atoms in total. The number of nitrogens with zero attached hydrogens (tertiary/aromatic N) is 2. The van der Waals surface area contributed by atoms with Crippen LogP contribution in [0.5, 0.6) is 0 Å². The normalized spacial score (nSPS) is 14.2. The summed E-state index contributed by atoms with van der Waals surface area (Å²) in [5.41, 5.74) is 1.54. The van der Waals surface area contributed by atoms with Gasteiger partial charge in [0.1, 0.15) is 0 Å². The molecule has 6 heteroatoms. The average Bonchev–Trinajstić information content (AvgIpc) is 2.87. The van der Waals surface area contributed by atoms with Gasteiger partial charge in [0.2, 0.25) is 0 Å². The van der Waals surface area contributed by atoms with Crippen LogP contribution in [0.3, 0.4) is 0 Å². The number of hydrogen-bond donors (Lipinski definition) is 2. The fourth-order valence-electron chi connectivity index (χ4n) is 1.99. The van der Waals surface area contributed by atoms with E-state index < -0.39 is 0 Å². The second-order valence-electron chi connectivity index (χ2n) is 4.74. The van der Waals surface area contributed by atoms with Gasteiger partial charge in [-0.05, 0) is 12.1 Å². The van der Waals surface area contributed by atoms with Crippen LogP contribution in [0.1, 0.15) is 10.4 Å². The average molecular weight is 293 g/mol. The summed E-state index contributed by atoms with van der Waals surface area (Å²) in [6.07, 6.45) is 3.35. The Labute approximate surface area is 123 Å². The quantitative estimate of drug-likeness (QED) is 0.891. The number of amides is 1. The number of nitrogens with one attached hydrogen (secondary N) is 2. The van der Waals surface area contributed by atoms with Crippen molar-refractivity contribution in [3.8, 4) is 5.69 Å². The summed E-state index contributed by atoms with van der Waals surface area (Å²) in [5.74, 6) is 0.502. The van der Waals surface area contributed by atoms with Crippen LogP contribution >= 0.6 is 12.4 Å². The number of carbonyl (C=O) groups excluding carboxylic acids is 1. The van der Waals surface area contributed by atoms with Crippen molar-refractivity contribution in [1.29, 1.82) is 0 Å². The molecular formula is C14H17ClN4O. The molecule has 2 heterocycles. The van der Waals surface area contributed by atoms with E-state index in [-0.39, 0.29) is 18.3 Å². The minimum atomic E-state index is -0.0610. The Bertz CT molecular complexity index is 566. The number of para-hydroxylation sites is 1. The molecule has 0 bridgehead atoms. The van der Waals surface area contributed by atoms with Gasteiger partial charge in [-0.15, -0.1) is 12.4 Å². The third-order valence-electron chi connectivity index (χ3n) is 3.28. The molecule has 2 aromatic rings. The zero-order chi connectivity index (χ0) is 13.1. The molecule has 0 aliphatic carbocycles. The lowest BCUT2D eigenvalue weighted by Gasteiger charge is -2.26. The second-order valence-corrected chi connectivity index (χ2v) is 4.74. The first kappa shape index (κ1) is 14.6. The van der Waals surface area contributed by atoms with E-state index in [2.05, 4.69) is 15.7 Å². The number of hydrogen-bond acceptors (Lipinski definition) is 3. The first-order valence-corrected chi connectivity index (χ1v) is 6.42. The maximum Gasteiger partial charge on any atom is 0.254 e. The van der Waals surface area contributed by atoms with Crippen molar-refractivity contribution in [2.45, 2.75) is 0 Å². The lowest BCUT2D eigenvalue weighted by molar-refractivity contribution is 0.0942. The molecule has 1 amide bonds. The van der Waals surface area contributed by atoms with E-state index in [0.717, 1.165) is 25.3 Å². The van der Waals surface area contributed by atoms with Crippen LogP contribution < -0.4 is 10.6 Å². The van der Waals surface area contributed by atoms with Gasteiger partial charge in [0.05, 0.1) is 17.4 Å². The number of halogens is 1. The van der Waals surface area contributed by atoms with Crippen LogP contribution in [0.4, 0.5) is 0 Å². The summed E-state index contributed by atoms with van der Waals surface area (Å²) in [7, 11) is 0. The minimum Gasteiger partial charge on any atom is -0.352 e. The van der Waals surface area contributed by atoms with Gasteiger partial charge in [0.15, 0.2) is 0 Å². The molecule has 1 aromatic carbocycles. The molecule has 1 aliphatic rings. The molecule has 1 fully saturated rings. The Balaban J connectivity index is 0.00000147. The van der Waals surface area contributed by atoms with Gasteiger partial charge >= 0.3 is 0 Å². The van der Waals surface area contributed by atoms with Crippen molar-refractivity contribution < 1.29 is 4.79 Å². The third kappa shape index (κ3) is 3.18. The van der Waals surface area contributed by atoms with E-state index >= 15 is 0 Å². The summed E-state index contributed by atoms with van der Waals surface area (Å²) in [4.78, 5) is 11.9. The van der Waals surface area contributed by atoms with E-state index in [4.69, 9.17) is 0 Å². The summed E-state index contributed by atoms with van der Waals surface area (Å²) >= 11 is 0. The fraction of sp³-hybridized carbons (Fsp3) is 0.286. The lowest BCUT2D eigenvalue weighted by Crippen LogP contribution is -2.48. The van der Waals surface area contributed by atoms with Crippen molar-refractivity contribution in [3.05, 3.63) is 48.3 Å². The van der Waals surface area contributed by atoms with Crippen molar-refractivity contribution in [1.82, 2.24) is 20.4 Å². The molecule has 0 unspecified atom stereocenters. The molecule has 2 N–H and O–H groups in total. The summed E-state index contributed by atoms with van der Waals surface area (Å²) in [6.45, 7) is 2.70. The van der Waals surface area contributed by atoms with Crippen LogP contribution in [-0.4, -0.2) is 35.3 Å². The molecule has 1 aliphatic heterocycles. The standard InChI is InChI=1S/C14H16N4O.ClH/c19-14(16-8-11-6-15-7-11)12-9-17-18(10-12)13-4-2-1-3-5-13;/h1-5,9-11,15H,6-8H2,(H,16,19);1H. The van der Waals surface area contributed by atoms with E-state index in [1.807, 2.05) is 30.3 Å². The van der Waals surface area contributed by atoms with Gasteiger partial charge in [-0.2, -0.15) is 5.10 Å². The SMILES string of the molecule is Cl.O=C(NCC1CNC1)c1cnn(-c2ccccc2)c1. The number of rotatable bonds is 4. The van der Waals surface area contributed by atoms with Crippen LogP contribution in [0.2, 0.25) is 0 Å². The van der Waals surface area contributed by atoms with Crippen molar-refractivity contribution in [2.75, 3.05) is 19.6 Å². The Hall–Kier alpha value is -1.85. The van der Waals surface area contributed by atoms with Gasteiger partial charge in [-0.3, -0.25) is 4.79 Å². The molecule has 0 spiro atoms. The predicted molar refractivity (Wildman–Crippen MR) is 79.5 cm³/mol. The maximum absolute atomic E-state index is 11.9. The number of aromatic nitrogens is 2. The minimum absolute atomic E-state index is 0. The number of carbonyl (C=O) groups is 1. The maximum atomic E-state index is 11.9. The van der Waals surface area contributed by atoms with Crippen molar-refractivity contribution in [3.63, 3.8) is 0 Å². The predicted octanol–water partition coefficient (Wildman–Crippen LogP) is 1.24. The van der Waals surface area contributed by atoms with E-state index in [9.17, 15) is 4.79 Å². The zero-order valence-electron chi connectivity index (χ0n) is 11.0. The smallest absolute Gasteiger partial charge is 0.254 e. The lowest BCUT2D eigenvalue weighted by atomic mass is 10.0. The van der Waals surface area contributed by atoms with Crippen molar-refractivity contribution in [2.24, 2.45) is 5.92 Å². The zero-order valence-corrected chi connectivity index (χ0v) is 11.8. The largest absolute Gasteiger partial charge is 0.352 e. The Morgan fingerprint density at radius 2 is 2.10 bits per heavy atom. The van der Waals surface area contributed by atoms with E-state index in [0.29, 0.717) is 11.5 Å². The fourth-order valence-corrected chi connectivity index (χ4v) is 1.99. The summed E-state index contributed by atoms with van der Waals surface area (Å²) < 4.78 is 1.71. The Morgan fingerprint density at radius 1 is 1.35 bits per heavy atom. The highest BCUT2D eigenvalue weighted by molar-refractivity contribution is 5.93. The van der Waals surface area contributed by atoms with Crippen LogP contribution in [-0.2, 0) is 0 Å². The van der Waals surface area contributed by atoms with E-state index in [1.165, 1.54) is 0 Å². The Kier molecular flexibility index (Phi) is 4.76. The van der Waals surface area contributed by atoms with Crippen molar-refractivity contribution >= 4 is 18.3 Å². The van der Waals surface area contributed by atoms with Crippen LogP contribution in [0.25, 0.3) is 5.69 Å². The molecule has 3 rings (SSSR count). The van der Waals surface area contributed by atoms with Gasteiger partial charge in [0.25, 0.3) is 5.91 Å². The summed E-state index contributed by atoms with van der Waals surface area (Å²) in [5, 5.41) is 10.3. The molecule has 0 saturated carbocycles. The molecule has 1 aromatic heterocycles. The monoisotopic (exact) mass is 292 g/mol. The van der Waals surface area contributed by atoms with Crippen LogP contribution in [0.15, 0.2) is 42.7 Å². The highest BCUT2D eigenvalue weighted by Gasteiger charge is 2.18. The highest BCUT2D eigenvalue weighted by atomic mass is 35.5. The molecule has 0 atom stereocenters. The highest BCUT2D eigenvalue weighted by Crippen LogP contribution is 2.08. The first-order chi connectivity index (χ1) is 9.33.